The molecule has 0 atom stereocenters. The molecular weight excluding hydrogens is 266 g/mol. The first-order valence-electron chi connectivity index (χ1n) is 6.69. The second kappa shape index (κ2) is 6.70. The number of carboxylic acids is 1. The Morgan fingerprint density at radius 1 is 1.19 bits per heavy atom. The summed E-state index contributed by atoms with van der Waals surface area (Å²) in [5, 5.41) is 16.7. The second-order valence-corrected chi connectivity index (χ2v) is 4.79. The zero-order valence-corrected chi connectivity index (χ0v) is 11.8. The third-order valence-electron chi connectivity index (χ3n) is 3.09. The highest BCUT2D eigenvalue weighted by atomic mass is 16.4. The predicted octanol–water partition coefficient (Wildman–Crippen LogP) is 3.36. The van der Waals surface area contributed by atoms with E-state index in [0.29, 0.717) is 5.75 Å². The van der Waals surface area contributed by atoms with Crippen molar-refractivity contribution in [1.29, 1.82) is 0 Å². The molecular formula is C17H17NO3. The Hall–Kier alpha value is -2.62. The molecule has 1 aromatic carbocycles. The molecule has 0 aliphatic heterocycles. The van der Waals surface area contributed by atoms with Gasteiger partial charge in [0.25, 0.3) is 5.97 Å². The summed E-state index contributed by atoms with van der Waals surface area (Å²) in [4.78, 5) is 13.4. The van der Waals surface area contributed by atoms with Crippen LogP contribution in [-0.4, -0.2) is 21.2 Å². The number of hydrogen-bond acceptors (Lipinski definition) is 3. The maximum absolute atomic E-state index is 9.24. The monoisotopic (exact) mass is 283 g/mol. The third kappa shape index (κ3) is 4.18. The van der Waals surface area contributed by atoms with E-state index in [0.717, 1.165) is 31.0 Å². The van der Waals surface area contributed by atoms with Crippen LogP contribution in [0, 0.1) is 0 Å². The molecule has 21 heavy (non-hydrogen) atoms. The predicted molar refractivity (Wildman–Crippen MR) is 81.8 cm³/mol. The highest BCUT2D eigenvalue weighted by Gasteiger charge is 2.16. The Balaban J connectivity index is 0.000000361. The summed E-state index contributed by atoms with van der Waals surface area (Å²) in [6.07, 6.45) is 6.12. The number of aromatic hydroxyl groups is 1. The lowest BCUT2D eigenvalue weighted by molar-refractivity contribution is -0.134. The lowest BCUT2D eigenvalue weighted by Crippen LogP contribution is -1.85. The molecule has 1 aliphatic carbocycles. The minimum absolute atomic E-state index is 0.303. The number of allylic oxidation sites excluding steroid dienone is 1. The highest BCUT2D eigenvalue weighted by molar-refractivity contribution is 5.83. The number of nitrogens with zero attached hydrogens (tertiary/aromatic N) is 1. The van der Waals surface area contributed by atoms with Gasteiger partial charge in [-0.1, -0.05) is 18.2 Å². The fourth-order valence-electron chi connectivity index (χ4n) is 2.23. The van der Waals surface area contributed by atoms with Gasteiger partial charge in [0.15, 0.2) is 0 Å². The molecule has 0 fully saturated rings. The van der Waals surface area contributed by atoms with E-state index in [1.165, 1.54) is 11.1 Å². The van der Waals surface area contributed by atoms with E-state index in [1.807, 2.05) is 24.4 Å². The van der Waals surface area contributed by atoms with Crippen LogP contribution in [0.25, 0.3) is 11.6 Å². The lowest BCUT2D eigenvalue weighted by atomic mass is 10.1. The maximum Gasteiger partial charge on any atom is 0.300 e. The zero-order valence-electron chi connectivity index (χ0n) is 11.8. The molecule has 1 aromatic heterocycles. The number of fused-ring (bicyclic) bond motifs is 1. The van der Waals surface area contributed by atoms with Crippen molar-refractivity contribution >= 4 is 17.6 Å². The molecule has 4 heteroatoms. The van der Waals surface area contributed by atoms with Gasteiger partial charge in [-0.25, -0.2) is 0 Å². The van der Waals surface area contributed by atoms with E-state index in [9.17, 15) is 5.11 Å². The molecule has 0 radical (unpaired) electrons. The Kier molecular flexibility index (Phi) is 4.72. The first kappa shape index (κ1) is 14.8. The first-order chi connectivity index (χ1) is 10.1. The number of aromatic nitrogens is 1. The molecule has 0 saturated carbocycles. The molecule has 0 spiro atoms. The average molecular weight is 283 g/mol. The van der Waals surface area contributed by atoms with Gasteiger partial charge in [0.1, 0.15) is 5.75 Å². The van der Waals surface area contributed by atoms with Gasteiger partial charge >= 0.3 is 0 Å². The minimum atomic E-state index is -0.833. The van der Waals surface area contributed by atoms with Gasteiger partial charge in [-0.05, 0) is 53.8 Å². The number of hydrogen-bond donors (Lipinski definition) is 2. The molecule has 3 rings (SSSR count). The van der Waals surface area contributed by atoms with Gasteiger partial charge in [-0.3, -0.25) is 9.78 Å². The van der Waals surface area contributed by atoms with E-state index >= 15 is 0 Å². The summed E-state index contributed by atoms with van der Waals surface area (Å²) < 4.78 is 0. The van der Waals surface area contributed by atoms with Crippen molar-refractivity contribution in [3.8, 4) is 5.75 Å². The quantitative estimate of drug-likeness (QED) is 0.841. The van der Waals surface area contributed by atoms with Crippen molar-refractivity contribution in [1.82, 2.24) is 4.98 Å². The highest BCUT2D eigenvalue weighted by Crippen LogP contribution is 2.31. The molecule has 1 aliphatic rings. The van der Waals surface area contributed by atoms with Crippen LogP contribution in [0.1, 0.15) is 30.2 Å². The second-order valence-electron chi connectivity index (χ2n) is 4.79. The summed E-state index contributed by atoms with van der Waals surface area (Å²) >= 11 is 0. The van der Waals surface area contributed by atoms with Crippen LogP contribution in [0.4, 0.5) is 0 Å². The van der Waals surface area contributed by atoms with Crippen LogP contribution in [0.2, 0.25) is 0 Å². The molecule has 1 heterocycles. The normalized spacial score (nSPS) is 14.2. The van der Waals surface area contributed by atoms with E-state index in [-0.39, 0.29) is 0 Å². The Morgan fingerprint density at radius 3 is 2.52 bits per heavy atom. The molecule has 2 N–H and O–H groups in total. The van der Waals surface area contributed by atoms with E-state index in [1.54, 1.807) is 12.1 Å². The van der Waals surface area contributed by atoms with Crippen LogP contribution >= 0.6 is 0 Å². The molecule has 0 amide bonds. The number of phenolic OH excluding ortho intramolecular Hbond substituents is 1. The van der Waals surface area contributed by atoms with Crippen molar-refractivity contribution in [2.45, 2.75) is 19.8 Å². The van der Waals surface area contributed by atoms with E-state index in [4.69, 9.17) is 9.90 Å². The van der Waals surface area contributed by atoms with E-state index < -0.39 is 5.97 Å². The van der Waals surface area contributed by atoms with Gasteiger partial charge in [0.2, 0.25) is 0 Å². The lowest BCUT2D eigenvalue weighted by Gasteiger charge is -2.00. The van der Waals surface area contributed by atoms with Crippen molar-refractivity contribution in [2.24, 2.45) is 0 Å². The van der Waals surface area contributed by atoms with Gasteiger partial charge in [-0.2, -0.15) is 0 Å². The van der Waals surface area contributed by atoms with Crippen molar-refractivity contribution in [3.63, 3.8) is 0 Å². The Bertz CT molecular complexity index is 656. The first-order valence-corrected chi connectivity index (χ1v) is 6.69. The molecule has 2 aromatic rings. The number of carbonyl (C=O) groups is 1. The molecule has 0 bridgehead atoms. The van der Waals surface area contributed by atoms with Crippen molar-refractivity contribution < 1.29 is 15.0 Å². The van der Waals surface area contributed by atoms with Gasteiger partial charge in [0, 0.05) is 13.1 Å². The van der Waals surface area contributed by atoms with Gasteiger partial charge in [-0.15, -0.1) is 0 Å². The van der Waals surface area contributed by atoms with Crippen molar-refractivity contribution in [2.75, 3.05) is 0 Å². The van der Waals surface area contributed by atoms with Crippen LogP contribution in [-0.2, 0) is 11.2 Å². The van der Waals surface area contributed by atoms with Crippen LogP contribution in [0.5, 0.6) is 5.75 Å². The van der Waals surface area contributed by atoms with Gasteiger partial charge < -0.3 is 10.2 Å². The maximum atomic E-state index is 9.24. The average Bonchev–Trinajstić information content (AvgIpc) is 2.84. The number of aryl methyl sites for hydroxylation is 1. The Labute approximate surface area is 123 Å². The fourth-order valence-corrected chi connectivity index (χ4v) is 2.23. The summed E-state index contributed by atoms with van der Waals surface area (Å²) in [7, 11) is 0. The van der Waals surface area contributed by atoms with Gasteiger partial charge in [0.05, 0.1) is 5.69 Å². The van der Waals surface area contributed by atoms with E-state index in [2.05, 4.69) is 17.1 Å². The summed E-state index contributed by atoms with van der Waals surface area (Å²) in [5.41, 5.74) is 4.85. The number of aliphatic carboxylic acids is 1. The number of rotatable bonds is 1. The topological polar surface area (TPSA) is 70.4 Å². The van der Waals surface area contributed by atoms with Crippen LogP contribution in [0.15, 0.2) is 42.6 Å². The number of carboxylic acid groups (broad SMARTS) is 1. The summed E-state index contributed by atoms with van der Waals surface area (Å²) in [6.45, 7) is 1.08. The number of phenols is 1. The van der Waals surface area contributed by atoms with Crippen molar-refractivity contribution in [3.05, 3.63) is 59.4 Å². The van der Waals surface area contributed by atoms with Crippen LogP contribution in [0.3, 0.4) is 0 Å². The molecule has 0 unspecified atom stereocenters. The molecule has 108 valence electrons. The molecule has 0 saturated heterocycles. The summed E-state index contributed by atoms with van der Waals surface area (Å²) in [5.74, 6) is -0.530. The standard InChI is InChI=1S/C15H13NO.C2H4O2/c17-14-7-3-11(4-8-14)10-13-6-5-12-2-1-9-16-15(12)13;1-2(3)4/h1-4,7-10,17H,5-6H2;1H3,(H,3,4). The SMILES string of the molecule is CC(=O)O.Oc1ccc(C=C2CCc3cccnc32)cc1. The summed E-state index contributed by atoms with van der Waals surface area (Å²) in [6, 6.07) is 11.4. The Morgan fingerprint density at radius 2 is 1.86 bits per heavy atom. The molecule has 4 nitrogen and oxygen atoms in total. The largest absolute Gasteiger partial charge is 0.508 e. The smallest absolute Gasteiger partial charge is 0.300 e. The van der Waals surface area contributed by atoms with Crippen LogP contribution < -0.4 is 0 Å². The number of pyridine rings is 1. The fraction of sp³-hybridized carbons (Fsp3) is 0.176. The zero-order chi connectivity index (χ0) is 15.2. The third-order valence-corrected chi connectivity index (χ3v) is 3.09. The number of benzene rings is 1. The minimum Gasteiger partial charge on any atom is -0.508 e.